The fourth-order valence-corrected chi connectivity index (χ4v) is 9.28. The van der Waals surface area contributed by atoms with E-state index in [9.17, 15) is 5.26 Å². The topological polar surface area (TPSA) is 46.0 Å². The van der Waals surface area contributed by atoms with Crippen molar-refractivity contribution in [3.05, 3.63) is 163 Å². The van der Waals surface area contributed by atoms with E-state index in [0.717, 1.165) is 49.8 Å². The Morgan fingerprint density at radius 3 is 1.82 bits per heavy atom. The number of para-hydroxylation sites is 1. The van der Waals surface area contributed by atoms with Gasteiger partial charge in [-0.3, -0.25) is 4.40 Å². The molecule has 11 rings (SSSR count). The molecule has 4 nitrogen and oxygen atoms in total. The molecule has 11 aromatic rings. The molecular weight excluding hydrogens is 641 g/mol. The van der Waals surface area contributed by atoms with Gasteiger partial charge in [0.15, 0.2) is 0 Å². The van der Waals surface area contributed by atoms with Crippen LogP contribution in [0, 0.1) is 11.3 Å². The van der Waals surface area contributed by atoms with Gasteiger partial charge in [0.05, 0.1) is 22.7 Å². The zero-order chi connectivity index (χ0) is 33.6. The molecule has 51 heavy (non-hydrogen) atoms. The van der Waals surface area contributed by atoms with Gasteiger partial charge in [0, 0.05) is 32.7 Å². The Morgan fingerprint density at radius 2 is 1.12 bits per heavy atom. The fraction of sp³-hybridized carbons (Fsp3) is 0. The van der Waals surface area contributed by atoms with Crippen LogP contribution in [0.3, 0.4) is 0 Å². The quantitative estimate of drug-likeness (QED) is 0.176. The van der Waals surface area contributed by atoms with Crippen LogP contribution < -0.4 is 0 Å². The third-order valence-corrected chi connectivity index (χ3v) is 11.5. The molecule has 4 heterocycles. The summed E-state index contributed by atoms with van der Waals surface area (Å²) in [6.07, 6.45) is 2.27. The molecule has 0 amide bonds. The van der Waals surface area contributed by atoms with Crippen LogP contribution in [-0.2, 0) is 0 Å². The summed E-state index contributed by atoms with van der Waals surface area (Å²) in [6, 6.07) is 56.2. The molecule has 0 bridgehead atoms. The van der Waals surface area contributed by atoms with Crippen molar-refractivity contribution in [1.29, 1.82) is 5.26 Å². The summed E-state index contributed by atoms with van der Waals surface area (Å²) in [6.45, 7) is 0. The fourth-order valence-electron chi connectivity index (χ4n) is 8.15. The number of pyridine rings is 1. The van der Waals surface area contributed by atoms with E-state index < -0.39 is 0 Å². The molecule has 0 saturated carbocycles. The zero-order valence-electron chi connectivity index (χ0n) is 27.2. The molecular formula is C46H26N4S. The lowest BCUT2D eigenvalue weighted by Gasteiger charge is -2.18. The molecule has 4 aromatic heterocycles. The number of hydrogen-bond donors (Lipinski definition) is 0. The Kier molecular flexibility index (Phi) is 5.86. The van der Waals surface area contributed by atoms with Gasteiger partial charge < -0.3 is 4.57 Å². The third-order valence-electron chi connectivity index (χ3n) is 10.3. The summed E-state index contributed by atoms with van der Waals surface area (Å²) in [4.78, 5) is 6.22. The molecule has 0 aliphatic rings. The van der Waals surface area contributed by atoms with Crippen LogP contribution in [-0.4, -0.2) is 14.0 Å². The van der Waals surface area contributed by atoms with Gasteiger partial charge >= 0.3 is 0 Å². The molecule has 0 spiro atoms. The van der Waals surface area contributed by atoms with Gasteiger partial charge in [0.1, 0.15) is 16.0 Å². The van der Waals surface area contributed by atoms with E-state index in [1.54, 1.807) is 11.3 Å². The number of rotatable bonds is 3. The number of hydrogen-bond acceptors (Lipinski definition) is 3. The maximum Gasteiger partial charge on any atom is 0.138 e. The van der Waals surface area contributed by atoms with Gasteiger partial charge in [-0.2, -0.15) is 5.26 Å². The lowest BCUT2D eigenvalue weighted by Crippen LogP contribution is -1.95. The summed E-state index contributed by atoms with van der Waals surface area (Å²) in [5.74, 6) is 0. The first-order valence-electron chi connectivity index (χ1n) is 17.0. The highest BCUT2D eigenvalue weighted by Gasteiger charge is 2.20. The molecule has 0 atom stereocenters. The van der Waals surface area contributed by atoms with Crippen molar-refractivity contribution in [3.8, 4) is 34.0 Å². The Morgan fingerprint density at radius 1 is 0.529 bits per heavy atom. The van der Waals surface area contributed by atoms with E-state index in [0.29, 0.717) is 5.56 Å². The Bertz CT molecular complexity index is 3210. The third kappa shape index (κ3) is 4.03. The number of fused-ring (bicyclic) bond motifs is 10. The van der Waals surface area contributed by atoms with Crippen molar-refractivity contribution in [2.45, 2.75) is 0 Å². The van der Waals surface area contributed by atoms with Crippen LogP contribution in [0.15, 0.2) is 158 Å². The van der Waals surface area contributed by atoms with Crippen LogP contribution in [0.25, 0.3) is 97.4 Å². The number of imidazole rings is 1. The van der Waals surface area contributed by atoms with E-state index in [1.165, 1.54) is 47.6 Å². The zero-order valence-corrected chi connectivity index (χ0v) is 28.0. The average molecular weight is 667 g/mol. The highest BCUT2D eigenvalue weighted by Crippen LogP contribution is 2.45. The van der Waals surface area contributed by atoms with Crippen LogP contribution in [0.4, 0.5) is 0 Å². The number of aromatic nitrogens is 3. The minimum absolute atomic E-state index is 0.650. The van der Waals surface area contributed by atoms with E-state index >= 15 is 0 Å². The summed E-state index contributed by atoms with van der Waals surface area (Å²) in [7, 11) is 0. The maximum atomic E-state index is 9.79. The largest absolute Gasteiger partial charge is 0.309 e. The lowest BCUT2D eigenvalue weighted by atomic mass is 9.86. The molecule has 236 valence electrons. The average Bonchev–Trinajstić information content (AvgIpc) is 3.84. The summed E-state index contributed by atoms with van der Waals surface area (Å²) in [5, 5.41) is 18.1. The summed E-state index contributed by atoms with van der Waals surface area (Å²) in [5.41, 5.74) is 10.6. The molecule has 0 saturated heterocycles. The normalized spacial score (nSPS) is 11.9. The molecule has 0 N–H and O–H groups in total. The smallest absolute Gasteiger partial charge is 0.138 e. The first kappa shape index (κ1) is 28.1. The maximum absolute atomic E-state index is 9.79. The van der Waals surface area contributed by atoms with Gasteiger partial charge in [0.25, 0.3) is 0 Å². The molecule has 0 aliphatic carbocycles. The van der Waals surface area contributed by atoms with Crippen molar-refractivity contribution in [3.63, 3.8) is 0 Å². The van der Waals surface area contributed by atoms with Gasteiger partial charge in [-0.15, -0.1) is 11.3 Å². The summed E-state index contributed by atoms with van der Waals surface area (Å²) < 4.78 is 5.81. The standard InChI is InChI=1S/C46H26N4S/c47-26-28-18-21-32-33-22-19-29(25-40(33)50(39(32)24-28)31-10-2-1-3-11-31)43-34-12-4-6-14-36(34)44(37-15-7-5-13-35(37)43)30-20-23-42-48-45-38-16-8-9-17-41(38)51-46(45)49(42)27-30/h1-25,27H. The molecule has 0 radical (unpaired) electrons. The minimum Gasteiger partial charge on any atom is -0.309 e. The first-order valence-corrected chi connectivity index (χ1v) is 17.8. The van der Waals surface area contributed by atoms with E-state index in [1.807, 2.05) is 18.2 Å². The van der Waals surface area contributed by atoms with E-state index in [2.05, 4.69) is 155 Å². The number of nitrogens with zero attached hydrogens (tertiary/aromatic N) is 4. The molecule has 0 aliphatic heterocycles. The monoisotopic (exact) mass is 666 g/mol. The van der Waals surface area contributed by atoms with Crippen LogP contribution in [0.2, 0.25) is 0 Å². The molecule has 0 fully saturated rings. The second-order valence-electron chi connectivity index (χ2n) is 13.1. The van der Waals surface area contributed by atoms with Gasteiger partial charge in [-0.25, -0.2) is 4.98 Å². The molecule has 0 unspecified atom stereocenters. The van der Waals surface area contributed by atoms with Crippen molar-refractivity contribution in [2.75, 3.05) is 0 Å². The Balaban J connectivity index is 1.20. The van der Waals surface area contributed by atoms with Gasteiger partial charge in [0.2, 0.25) is 0 Å². The van der Waals surface area contributed by atoms with Crippen molar-refractivity contribution >= 4 is 80.8 Å². The van der Waals surface area contributed by atoms with E-state index in [-0.39, 0.29) is 0 Å². The predicted octanol–water partition coefficient (Wildman–Crippen LogP) is 12.3. The SMILES string of the molecule is N#Cc1ccc2c3ccc(-c4c5ccccc5c(-c5ccc6nc7c8ccccc8sc7n6c5)c5ccccc45)cc3n(-c3ccccc3)c2c1. The van der Waals surface area contributed by atoms with Crippen LogP contribution in [0.1, 0.15) is 5.56 Å². The van der Waals surface area contributed by atoms with Crippen molar-refractivity contribution in [2.24, 2.45) is 0 Å². The lowest BCUT2D eigenvalue weighted by molar-refractivity contribution is 1.18. The minimum atomic E-state index is 0.650. The molecule has 7 aromatic carbocycles. The number of benzene rings is 7. The highest BCUT2D eigenvalue weighted by molar-refractivity contribution is 7.25. The van der Waals surface area contributed by atoms with Gasteiger partial charge in [-0.05, 0) is 92.3 Å². The molecule has 5 heteroatoms. The first-order chi connectivity index (χ1) is 25.2. The Labute approximate surface area is 296 Å². The van der Waals surface area contributed by atoms with Crippen LogP contribution in [0.5, 0.6) is 0 Å². The van der Waals surface area contributed by atoms with Crippen LogP contribution >= 0.6 is 11.3 Å². The van der Waals surface area contributed by atoms with Gasteiger partial charge in [-0.1, -0.05) is 103 Å². The summed E-state index contributed by atoms with van der Waals surface area (Å²) >= 11 is 1.80. The number of nitriles is 1. The Hall–Kier alpha value is -6.74. The second-order valence-corrected chi connectivity index (χ2v) is 14.1. The second kappa shape index (κ2) is 10.6. The van der Waals surface area contributed by atoms with Crippen molar-refractivity contribution < 1.29 is 0 Å². The van der Waals surface area contributed by atoms with Crippen molar-refractivity contribution in [1.82, 2.24) is 14.0 Å². The highest BCUT2D eigenvalue weighted by atomic mass is 32.1. The van der Waals surface area contributed by atoms with E-state index in [4.69, 9.17) is 4.98 Å². The number of thiophene rings is 1. The predicted molar refractivity (Wildman–Crippen MR) is 213 cm³/mol.